The SMILES string of the molecule is Fc1ccc2c(c1)N(Cc1ccc(Br)s1)CC2. The summed E-state index contributed by atoms with van der Waals surface area (Å²) < 4.78 is 14.4. The summed E-state index contributed by atoms with van der Waals surface area (Å²) in [5.41, 5.74) is 2.30. The number of halogens is 2. The maximum atomic E-state index is 13.2. The second kappa shape index (κ2) is 4.42. The van der Waals surface area contributed by atoms with Crippen molar-refractivity contribution in [3.63, 3.8) is 0 Å². The van der Waals surface area contributed by atoms with Gasteiger partial charge in [-0.05, 0) is 52.2 Å². The first-order valence-electron chi connectivity index (χ1n) is 5.50. The van der Waals surface area contributed by atoms with E-state index in [-0.39, 0.29) is 5.82 Å². The Hall–Kier alpha value is -0.870. The van der Waals surface area contributed by atoms with Crippen LogP contribution in [-0.2, 0) is 13.0 Å². The molecule has 0 saturated heterocycles. The highest BCUT2D eigenvalue weighted by Crippen LogP contribution is 2.32. The smallest absolute Gasteiger partial charge is 0.125 e. The first-order valence-corrected chi connectivity index (χ1v) is 7.11. The van der Waals surface area contributed by atoms with Crippen LogP contribution in [0.2, 0.25) is 0 Å². The van der Waals surface area contributed by atoms with Gasteiger partial charge >= 0.3 is 0 Å². The molecular weight excluding hydrogens is 301 g/mol. The predicted molar refractivity (Wildman–Crippen MR) is 73.2 cm³/mol. The van der Waals surface area contributed by atoms with Crippen molar-refractivity contribution in [1.82, 2.24) is 0 Å². The molecule has 1 aliphatic heterocycles. The molecule has 17 heavy (non-hydrogen) atoms. The first kappa shape index (κ1) is 11.2. The quantitative estimate of drug-likeness (QED) is 0.803. The monoisotopic (exact) mass is 311 g/mol. The van der Waals surface area contributed by atoms with Gasteiger partial charge in [0, 0.05) is 17.1 Å². The maximum Gasteiger partial charge on any atom is 0.125 e. The summed E-state index contributed by atoms with van der Waals surface area (Å²) in [5.74, 6) is -0.150. The molecule has 0 atom stereocenters. The minimum Gasteiger partial charge on any atom is -0.366 e. The van der Waals surface area contributed by atoms with Crippen molar-refractivity contribution in [2.24, 2.45) is 0 Å². The van der Waals surface area contributed by atoms with E-state index < -0.39 is 0 Å². The molecule has 0 amide bonds. The van der Waals surface area contributed by atoms with E-state index in [4.69, 9.17) is 0 Å². The van der Waals surface area contributed by atoms with Gasteiger partial charge < -0.3 is 4.90 Å². The first-order chi connectivity index (χ1) is 8.22. The number of hydrogen-bond acceptors (Lipinski definition) is 2. The van der Waals surface area contributed by atoms with E-state index >= 15 is 0 Å². The lowest BCUT2D eigenvalue weighted by atomic mass is 10.2. The Kier molecular flexibility index (Phi) is 2.92. The number of nitrogens with zero attached hydrogens (tertiary/aromatic N) is 1. The van der Waals surface area contributed by atoms with Gasteiger partial charge in [-0.25, -0.2) is 4.39 Å². The second-order valence-corrected chi connectivity index (χ2v) is 6.70. The van der Waals surface area contributed by atoms with Crippen LogP contribution in [0.3, 0.4) is 0 Å². The van der Waals surface area contributed by atoms with Crippen molar-refractivity contribution < 1.29 is 4.39 Å². The van der Waals surface area contributed by atoms with Crippen molar-refractivity contribution in [2.75, 3.05) is 11.4 Å². The van der Waals surface area contributed by atoms with Crippen LogP contribution in [0.15, 0.2) is 34.1 Å². The summed E-state index contributed by atoms with van der Waals surface area (Å²) in [6, 6.07) is 9.26. The average Bonchev–Trinajstić information content (AvgIpc) is 2.87. The fourth-order valence-corrected chi connectivity index (χ4v) is 3.71. The highest BCUT2D eigenvalue weighted by atomic mass is 79.9. The summed E-state index contributed by atoms with van der Waals surface area (Å²) in [5, 5.41) is 0. The summed E-state index contributed by atoms with van der Waals surface area (Å²) in [7, 11) is 0. The third-order valence-electron chi connectivity index (χ3n) is 3.01. The molecule has 0 spiro atoms. The number of benzene rings is 1. The molecule has 1 aromatic heterocycles. The Morgan fingerprint density at radius 2 is 2.18 bits per heavy atom. The van der Waals surface area contributed by atoms with Crippen molar-refractivity contribution in [1.29, 1.82) is 0 Å². The largest absolute Gasteiger partial charge is 0.366 e. The number of anilines is 1. The highest BCUT2D eigenvalue weighted by molar-refractivity contribution is 9.11. The molecule has 88 valence electrons. The fourth-order valence-electron chi connectivity index (χ4n) is 2.21. The molecule has 1 aromatic carbocycles. The molecule has 1 aliphatic rings. The van der Waals surface area contributed by atoms with E-state index in [0.29, 0.717) is 0 Å². The number of rotatable bonds is 2. The third kappa shape index (κ3) is 2.24. The Balaban J connectivity index is 1.86. The predicted octanol–water partition coefficient (Wildman–Crippen LogP) is 4.21. The van der Waals surface area contributed by atoms with Crippen LogP contribution >= 0.6 is 27.3 Å². The van der Waals surface area contributed by atoms with Gasteiger partial charge in [0.15, 0.2) is 0 Å². The van der Waals surface area contributed by atoms with E-state index in [1.54, 1.807) is 23.5 Å². The Morgan fingerprint density at radius 1 is 1.29 bits per heavy atom. The van der Waals surface area contributed by atoms with Crippen LogP contribution in [0.5, 0.6) is 0 Å². The topological polar surface area (TPSA) is 3.24 Å². The minimum absolute atomic E-state index is 0.150. The van der Waals surface area contributed by atoms with E-state index in [1.165, 1.54) is 10.4 Å². The third-order valence-corrected chi connectivity index (χ3v) is 4.62. The number of hydrogen-bond donors (Lipinski definition) is 0. The van der Waals surface area contributed by atoms with E-state index in [9.17, 15) is 4.39 Å². The van der Waals surface area contributed by atoms with Crippen molar-refractivity contribution >= 4 is 33.0 Å². The van der Waals surface area contributed by atoms with Crippen LogP contribution in [0.25, 0.3) is 0 Å². The van der Waals surface area contributed by atoms with Crippen LogP contribution in [0.1, 0.15) is 10.4 Å². The van der Waals surface area contributed by atoms with E-state index in [0.717, 1.165) is 29.0 Å². The molecule has 0 N–H and O–H groups in total. The Labute approximate surface area is 112 Å². The Morgan fingerprint density at radius 3 is 2.94 bits per heavy atom. The van der Waals surface area contributed by atoms with Crippen LogP contribution in [0, 0.1) is 5.82 Å². The van der Waals surface area contributed by atoms with Gasteiger partial charge in [0.25, 0.3) is 0 Å². The van der Waals surface area contributed by atoms with Gasteiger partial charge in [-0.15, -0.1) is 11.3 Å². The van der Waals surface area contributed by atoms with Crippen molar-refractivity contribution in [3.05, 3.63) is 50.4 Å². The molecule has 0 fully saturated rings. The number of fused-ring (bicyclic) bond motifs is 1. The van der Waals surface area contributed by atoms with E-state index in [2.05, 4.69) is 33.0 Å². The van der Waals surface area contributed by atoms with Gasteiger partial charge in [0.05, 0.1) is 10.3 Å². The Bertz CT molecular complexity index is 552. The van der Waals surface area contributed by atoms with E-state index in [1.807, 2.05) is 6.07 Å². The van der Waals surface area contributed by atoms with Gasteiger partial charge in [-0.2, -0.15) is 0 Å². The summed E-state index contributed by atoms with van der Waals surface area (Å²) in [4.78, 5) is 3.55. The molecule has 0 saturated carbocycles. The molecule has 0 radical (unpaired) electrons. The normalized spacial score (nSPS) is 14.1. The zero-order chi connectivity index (χ0) is 11.8. The van der Waals surface area contributed by atoms with Crippen LogP contribution in [0.4, 0.5) is 10.1 Å². The molecule has 1 nitrogen and oxygen atoms in total. The molecule has 2 heterocycles. The van der Waals surface area contributed by atoms with Gasteiger partial charge in [0.1, 0.15) is 5.82 Å². The molecule has 2 aromatic rings. The zero-order valence-electron chi connectivity index (χ0n) is 9.12. The van der Waals surface area contributed by atoms with Crippen LogP contribution in [-0.4, -0.2) is 6.54 Å². The fraction of sp³-hybridized carbons (Fsp3) is 0.231. The second-order valence-electron chi connectivity index (χ2n) is 4.15. The molecule has 0 bridgehead atoms. The summed E-state index contributed by atoms with van der Waals surface area (Å²) >= 11 is 5.20. The number of thiophene rings is 1. The van der Waals surface area contributed by atoms with Crippen molar-refractivity contribution in [3.8, 4) is 0 Å². The zero-order valence-corrected chi connectivity index (χ0v) is 11.5. The summed E-state index contributed by atoms with van der Waals surface area (Å²) in [6.45, 7) is 1.85. The standard InChI is InChI=1S/C13H11BrFNS/c14-13-4-3-11(17-13)8-16-6-5-9-1-2-10(15)7-12(9)16/h1-4,7H,5-6,8H2. The van der Waals surface area contributed by atoms with Gasteiger partial charge in [0.2, 0.25) is 0 Å². The van der Waals surface area contributed by atoms with Gasteiger partial charge in [-0.3, -0.25) is 0 Å². The lowest BCUT2D eigenvalue weighted by molar-refractivity contribution is 0.627. The summed E-state index contributed by atoms with van der Waals surface area (Å²) in [6.07, 6.45) is 1.02. The lowest BCUT2D eigenvalue weighted by Gasteiger charge is -2.18. The van der Waals surface area contributed by atoms with Gasteiger partial charge in [-0.1, -0.05) is 6.07 Å². The molecule has 4 heteroatoms. The minimum atomic E-state index is -0.150. The lowest BCUT2D eigenvalue weighted by Crippen LogP contribution is -2.18. The molecule has 3 rings (SSSR count). The van der Waals surface area contributed by atoms with Crippen LogP contribution < -0.4 is 4.90 Å². The maximum absolute atomic E-state index is 13.2. The molecular formula is C13H11BrFNS. The molecule has 0 unspecified atom stereocenters. The average molecular weight is 312 g/mol. The molecule has 0 aliphatic carbocycles. The highest BCUT2D eigenvalue weighted by Gasteiger charge is 2.19. The van der Waals surface area contributed by atoms with Crippen molar-refractivity contribution in [2.45, 2.75) is 13.0 Å².